The van der Waals surface area contributed by atoms with Crippen LogP contribution in [0.25, 0.3) is 0 Å². The number of morpholine rings is 1. The Morgan fingerprint density at radius 3 is 2.80 bits per heavy atom. The molecule has 0 aromatic heterocycles. The molecule has 10 heavy (non-hydrogen) atoms. The fourth-order valence-corrected chi connectivity index (χ4v) is 0.705. The largest absolute Gasteiger partial charge is 0.370 e. The second-order valence-corrected chi connectivity index (χ2v) is 1.97. The molecule has 58 valence electrons. The van der Waals surface area contributed by atoms with E-state index >= 15 is 0 Å². The molecule has 0 bridgehead atoms. The number of aliphatic hydroxyl groups is 2. The van der Waals surface area contributed by atoms with Crippen molar-refractivity contribution >= 4 is 0 Å². The Morgan fingerprint density at radius 1 is 1.60 bits per heavy atom. The van der Waals surface area contributed by atoms with Gasteiger partial charge in [-0.25, -0.2) is 5.01 Å². The van der Waals surface area contributed by atoms with Crippen LogP contribution < -0.4 is 0 Å². The number of β-amino-alcohol motifs (C(OH)–C–C–N with tert-alkyl or cyclic N) is 1. The van der Waals surface area contributed by atoms with Gasteiger partial charge in [0.1, 0.15) is 0 Å². The van der Waals surface area contributed by atoms with Gasteiger partial charge in [-0.15, -0.1) is 4.91 Å². The molecule has 1 saturated heterocycles. The molecule has 1 aliphatic rings. The van der Waals surface area contributed by atoms with E-state index in [-0.39, 0.29) is 13.2 Å². The average Bonchev–Trinajstić information content (AvgIpc) is 1.94. The van der Waals surface area contributed by atoms with E-state index in [1.54, 1.807) is 0 Å². The van der Waals surface area contributed by atoms with Gasteiger partial charge in [-0.1, -0.05) is 0 Å². The minimum absolute atomic E-state index is 0.0787. The van der Waals surface area contributed by atoms with Crippen LogP contribution >= 0.6 is 0 Å². The molecule has 0 aromatic rings. The molecule has 0 aliphatic carbocycles. The number of hydrogen-bond acceptors (Lipinski definition) is 5. The van der Waals surface area contributed by atoms with Crippen LogP contribution in [0.3, 0.4) is 0 Å². The second-order valence-electron chi connectivity index (χ2n) is 1.97. The summed E-state index contributed by atoms with van der Waals surface area (Å²) in [5, 5.41) is 20.9. The van der Waals surface area contributed by atoms with Gasteiger partial charge < -0.3 is 14.9 Å². The highest BCUT2D eigenvalue weighted by Gasteiger charge is 2.25. The highest BCUT2D eigenvalue weighted by atomic mass is 16.6. The van der Waals surface area contributed by atoms with Gasteiger partial charge in [0.15, 0.2) is 12.5 Å². The fraction of sp³-hybridized carbons (Fsp3) is 1.00. The molecule has 0 aromatic carbocycles. The van der Waals surface area contributed by atoms with E-state index in [0.717, 1.165) is 5.01 Å². The molecule has 0 spiro atoms. The first-order chi connectivity index (χ1) is 4.74. The van der Waals surface area contributed by atoms with Gasteiger partial charge in [0.25, 0.3) is 0 Å². The normalized spacial score (nSPS) is 34.0. The molecule has 0 radical (unpaired) electrons. The molecule has 2 unspecified atom stereocenters. The minimum Gasteiger partial charge on any atom is -0.370 e. The first-order valence-electron chi connectivity index (χ1n) is 2.81. The second kappa shape index (κ2) is 2.91. The predicted molar refractivity (Wildman–Crippen MR) is 30.5 cm³/mol. The summed E-state index contributed by atoms with van der Waals surface area (Å²) in [5.41, 5.74) is 0. The summed E-state index contributed by atoms with van der Waals surface area (Å²) >= 11 is 0. The number of nitroso groups, excluding NO2 is 1. The number of rotatable bonds is 1. The molecule has 6 nitrogen and oxygen atoms in total. The Hall–Kier alpha value is -0.720. The number of aliphatic hydroxyl groups excluding tert-OH is 2. The van der Waals surface area contributed by atoms with Crippen molar-refractivity contribution in [3.05, 3.63) is 4.91 Å². The van der Waals surface area contributed by atoms with Crippen molar-refractivity contribution in [3.8, 4) is 0 Å². The van der Waals surface area contributed by atoms with Crippen molar-refractivity contribution in [1.29, 1.82) is 0 Å². The standard InChI is InChI=1S/C4H8N2O4/c7-3-2-10-4(8)1-6(3)5-9/h3-4,7-8H,1-2H2. The van der Waals surface area contributed by atoms with Crippen molar-refractivity contribution in [3.63, 3.8) is 0 Å². The SMILES string of the molecule is O=NN1CC(O)OCC1O. The van der Waals surface area contributed by atoms with Crippen molar-refractivity contribution in [2.45, 2.75) is 12.5 Å². The monoisotopic (exact) mass is 148 g/mol. The van der Waals surface area contributed by atoms with Gasteiger partial charge in [0.05, 0.1) is 18.4 Å². The van der Waals surface area contributed by atoms with Gasteiger partial charge in [-0.05, 0) is 0 Å². The van der Waals surface area contributed by atoms with E-state index in [4.69, 9.17) is 10.2 Å². The predicted octanol–water partition coefficient (Wildman–Crippen LogP) is -1.36. The van der Waals surface area contributed by atoms with Crippen molar-refractivity contribution in [1.82, 2.24) is 5.01 Å². The average molecular weight is 148 g/mol. The third-order valence-electron chi connectivity index (χ3n) is 1.23. The molecular weight excluding hydrogens is 140 g/mol. The van der Waals surface area contributed by atoms with E-state index in [9.17, 15) is 4.91 Å². The molecule has 1 heterocycles. The summed E-state index contributed by atoms with van der Waals surface area (Å²) in [6, 6.07) is 0. The quantitative estimate of drug-likeness (QED) is 0.448. The summed E-state index contributed by atoms with van der Waals surface area (Å²) < 4.78 is 4.59. The third kappa shape index (κ3) is 1.41. The van der Waals surface area contributed by atoms with Gasteiger partial charge in [-0.3, -0.25) is 0 Å². The molecule has 1 fully saturated rings. The summed E-state index contributed by atoms with van der Waals surface area (Å²) in [6.07, 6.45) is -2.05. The lowest BCUT2D eigenvalue weighted by atomic mass is 10.4. The number of ether oxygens (including phenoxy) is 1. The zero-order valence-corrected chi connectivity index (χ0v) is 5.17. The van der Waals surface area contributed by atoms with Crippen LogP contribution in [-0.2, 0) is 4.74 Å². The van der Waals surface area contributed by atoms with Gasteiger partial charge >= 0.3 is 0 Å². The Kier molecular flexibility index (Phi) is 2.15. The third-order valence-corrected chi connectivity index (χ3v) is 1.23. The highest BCUT2D eigenvalue weighted by molar-refractivity contribution is 4.63. The van der Waals surface area contributed by atoms with Crippen LogP contribution in [0.4, 0.5) is 0 Å². The minimum atomic E-state index is -1.03. The Bertz CT molecular complexity index is 130. The van der Waals surface area contributed by atoms with Crippen molar-refractivity contribution < 1.29 is 14.9 Å². The lowest BCUT2D eigenvalue weighted by molar-refractivity contribution is -0.207. The van der Waals surface area contributed by atoms with Crippen LogP contribution in [-0.4, -0.2) is 40.9 Å². The van der Waals surface area contributed by atoms with E-state index in [2.05, 4.69) is 10.0 Å². The maximum absolute atomic E-state index is 9.87. The Morgan fingerprint density at radius 2 is 2.30 bits per heavy atom. The molecule has 0 amide bonds. The number of hydrogen-bond donors (Lipinski definition) is 2. The van der Waals surface area contributed by atoms with Crippen LogP contribution in [0.15, 0.2) is 5.29 Å². The molecule has 6 heteroatoms. The summed E-state index contributed by atoms with van der Waals surface area (Å²) in [4.78, 5) is 9.87. The summed E-state index contributed by atoms with van der Waals surface area (Å²) in [7, 11) is 0. The van der Waals surface area contributed by atoms with Gasteiger partial charge in [0, 0.05) is 0 Å². The van der Waals surface area contributed by atoms with Crippen molar-refractivity contribution in [2.24, 2.45) is 5.29 Å². The first kappa shape index (κ1) is 7.39. The van der Waals surface area contributed by atoms with E-state index in [0.29, 0.717) is 0 Å². The smallest absolute Gasteiger partial charge is 0.174 e. The lowest BCUT2D eigenvalue weighted by Gasteiger charge is -2.29. The number of nitrogens with zero attached hydrogens (tertiary/aromatic N) is 2. The highest BCUT2D eigenvalue weighted by Crippen LogP contribution is 2.07. The zero-order valence-electron chi connectivity index (χ0n) is 5.17. The van der Waals surface area contributed by atoms with E-state index in [1.807, 2.05) is 0 Å². The van der Waals surface area contributed by atoms with E-state index in [1.165, 1.54) is 0 Å². The topological polar surface area (TPSA) is 82.4 Å². The Labute approximate surface area is 57.0 Å². The van der Waals surface area contributed by atoms with Crippen LogP contribution in [0.1, 0.15) is 0 Å². The van der Waals surface area contributed by atoms with Gasteiger partial charge in [-0.2, -0.15) is 0 Å². The lowest BCUT2D eigenvalue weighted by Crippen LogP contribution is -2.46. The molecular formula is C4H8N2O4. The Balaban J connectivity index is 2.45. The molecule has 0 saturated carbocycles. The fourth-order valence-electron chi connectivity index (χ4n) is 0.705. The summed E-state index contributed by atoms with van der Waals surface area (Å²) in [5.74, 6) is 0. The van der Waals surface area contributed by atoms with Crippen LogP contribution in [0.5, 0.6) is 0 Å². The van der Waals surface area contributed by atoms with Crippen LogP contribution in [0.2, 0.25) is 0 Å². The first-order valence-corrected chi connectivity index (χ1v) is 2.81. The molecule has 2 atom stereocenters. The summed E-state index contributed by atoms with van der Waals surface area (Å²) in [6.45, 7) is -0.169. The maximum atomic E-state index is 9.87. The van der Waals surface area contributed by atoms with Gasteiger partial charge in [0.2, 0.25) is 0 Å². The zero-order chi connectivity index (χ0) is 7.56. The van der Waals surface area contributed by atoms with E-state index < -0.39 is 12.5 Å². The van der Waals surface area contributed by atoms with Crippen LogP contribution in [0, 0.1) is 4.91 Å². The molecule has 2 N–H and O–H groups in total. The molecule has 1 rings (SSSR count). The molecule has 1 aliphatic heterocycles. The van der Waals surface area contributed by atoms with Crippen molar-refractivity contribution in [2.75, 3.05) is 13.2 Å². The maximum Gasteiger partial charge on any atom is 0.174 e.